The van der Waals surface area contributed by atoms with Gasteiger partial charge in [-0.25, -0.2) is 9.78 Å². The summed E-state index contributed by atoms with van der Waals surface area (Å²) >= 11 is 0. The average molecular weight is 280 g/mol. The predicted octanol–water partition coefficient (Wildman–Crippen LogP) is 3.82. The first-order chi connectivity index (χ1) is 10.1. The van der Waals surface area contributed by atoms with Gasteiger partial charge in [-0.1, -0.05) is 6.07 Å². The predicted molar refractivity (Wildman–Crippen MR) is 84.7 cm³/mol. The van der Waals surface area contributed by atoms with Gasteiger partial charge in [0.1, 0.15) is 5.82 Å². The van der Waals surface area contributed by atoms with E-state index in [1.165, 1.54) is 0 Å². The molecule has 0 aliphatic heterocycles. The molecular weight excluding hydrogens is 264 g/mol. The van der Waals surface area contributed by atoms with Crippen molar-refractivity contribution < 1.29 is 4.79 Å². The molecule has 2 heterocycles. The fourth-order valence-corrected chi connectivity index (χ4v) is 2.31. The molecule has 3 N–H and O–H groups in total. The van der Waals surface area contributed by atoms with Gasteiger partial charge in [-0.05, 0) is 55.1 Å². The number of hydrogen-bond acceptors (Lipinski definition) is 2. The highest BCUT2D eigenvalue weighted by molar-refractivity contribution is 6.00. The van der Waals surface area contributed by atoms with Gasteiger partial charge in [0, 0.05) is 23.1 Å². The summed E-state index contributed by atoms with van der Waals surface area (Å²) in [6, 6.07) is 11.2. The van der Waals surface area contributed by atoms with E-state index in [0.717, 1.165) is 27.8 Å². The van der Waals surface area contributed by atoms with Crippen LogP contribution < -0.4 is 10.6 Å². The fraction of sp³-hybridized carbons (Fsp3) is 0.125. The SMILES string of the molecule is Cc1cc(C)nc(NC(=O)Nc2ccc3cc[nH]c3c2)c1. The second-order valence-electron chi connectivity index (χ2n) is 5.03. The number of carbonyl (C=O) groups is 1. The van der Waals surface area contributed by atoms with Crippen LogP contribution in [-0.2, 0) is 0 Å². The van der Waals surface area contributed by atoms with E-state index < -0.39 is 0 Å². The van der Waals surface area contributed by atoms with Crippen LogP contribution in [0, 0.1) is 13.8 Å². The molecule has 3 rings (SSSR count). The van der Waals surface area contributed by atoms with Crippen molar-refractivity contribution in [2.75, 3.05) is 10.6 Å². The number of fused-ring (bicyclic) bond motifs is 1. The van der Waals surface area contributed by atoms with Crippen LogP contribution in [0.4, 0.5) is 16.3 Å². The number of aromatic amines is 1. The number of nitrogens with one attached hydrogen (secondary N) is 3. The number of aromatic nitrogens is 2. The van der Waals surface area contributed by atoms with E-state index in [-0.39, 0.29) is 6.03 Å². The van der Waals surface area contributed by atoms with E-state index in [1.54, 1.807) is 0 Å². The third kappa shape index (κ3) is 3.02. The van der Waals surface area contributed by atoms with E-state index in [4.69, 9.17) is 0 Å². The number of urea groups is 1. The lowest BCUT2D eigenvalue weighted by Gasteiger charge is -2.08. The quantitative estimate of drug-likeness (QED) is 0.667. The first-order valence-electron chi connectivity index (χ1n) is 6.70. The van der Waals surface area contributed by atoms with Gasteiger partial charge in [0.25, 0.3) is 0 Å². The van der Waals surface area contributed by atoms with Crippen molar-refractivity contribution in [3.8, 4) is 0 Å². The minimum Gasteiger partial charge on any atom is -0.361 e. The largest absolute Gasteiger partial charge is 0.361 e. The van der Waals surface area contributed by atoms with Crippen LogP contribution in [0.5, 0.6) is 0 Å². The molecule has 5 nitrogen and oxygen atoms in total. The molecule has 0 radical (unpaired) electrons. The van der Waals surface area contributed by atoms with Crippen LogP contribution in [0.3, 0.4) is 0 Å². The molecule has 106 valence electrons. The van der Waals surface area contributed by atoms with Crippen molar-refractivity contribution in [1.82, 2.24) is 9.97 Å². The van der Waals surface area contributed by atoms with Crippen LogP contribution in [0.1, 0.15) is 11.3 Å². The first kappa shape index (κ1) is 13.2. The zero-order valence-corrected chi connectivity index (χ0v) is 11.9. The number of carbonyl (C=O) groups excluding carboxylic acids is 1. The Morgan fingerprint density at radius 3 is 2.76 bits per heavy atom. The normalized spacial score (nSPS) is 10.6. The van der Waals surface area contributed by atoms with Crippen LogP contribution >= 0.6 is 0 Å². The highest BCUT2D eigenvalue weighted by Crippen LogP contribution is 2.18. The molecule has 5 heteroatoms. The Morgan fingerprint density at radius 1 is 1.10 bits per heavy atom. The molecule has 21 heavy (non-hydrogen) atoms. The lowest BCUT2D eigenvalue weighted by atomic mass is 10.2. The molecule has 2 amide bonds. The van der Waals surface area contributed by atoms with Crippen molar-refractivity contribution in [1.29, 1.82) is 0 Å². The number of amides is 2. The number of anilines is 2. The van der Waals surface area contributed by atoms with E-state index >= 15 is 0 Å². The second kappa shape index (κ2) is 5.28. The molecule has 0 atom stereocenters. The highest BCUT2D eigenvalue weighted by atomic mass is 16.2. The number of nitrogens with zero attached hydrogens (tertiary/aromatic N) is 1. The summed E-state index contributed by atoms with van der Waals surface area (Å²) in [5.74, 6) is 0.547. The minimum absolute atomic E-state index is 0.307. The fourth-order valence-electron chi connectivity index (χ4n) is 2.31. The first-order valence-corrected chi connectivity index (χ1v) is 6.70. The van der Waals surface area contributed by atoms with Crippen molar-refractivity contribution in [2.24, 2.45) is 0 Å². The maximum atomic E-state index is 12.0. The topological polar surface area (TPSA) is 69.8 Å². The monoisotopic (exact) mass is 280 g/mol. The molecule has 0 fully saturated rings. The van der Waals surface area contributed by atoms with Crippen molar-refractivity contribution in [2.45, 2.75) is 13.8 Å². The molecule has 0 aliphatic rings. The van der Waals surface area contributed by atoms with Gasteiger partial charge >= 0.3 is 6.03 Å². The van der Waals surface area contributed by atoms with E-state index in [2.05, 4.69) is 20.6 Å². The van der Waals surface area contributed by atoms with Gasteiger partial charge in [-0.2, -0.15) is 0 Å². The summed E-state index contributed by atoms with van der Waals surface area (Å²) in [5, 5.41) is 6.65. The van der Waals surface area contributed by atoms with Gasteiger partial charge in [0.2, 0.25) is 0 Å². The van der Waals surface area contributed by atoms with E-state index in [9.17, 15) is 4.79 Å². The van der Waals surface area contributed by atoms with Crippen molar-refractivity contribution >= 4 is 28.4 Å². The number of hydrogen-bond donors (Lipinski definition) is 3. The van der Waals surface area contributed by atoms with Gasteiger partial charge in [-0.15, -0.1) is 0 Å². The number of pyridine rings is 1. The molecule has 2 aromatic heterocycles. The van der Waals surface area contributed by atoms with Gasteiger partial charge in [0.05, 0.1) is 0 Å². The third-order valence-corrected chi connectivity index (χ3v) is 3.15. The summed E-state index contributed by atoms with van der Waals surface area (Å²) in [7, 11) is 0. The Kier molecular flexibility index (Phi) is 3.31. The summed E-state index contributed by atoms with van der Waals surface area (Å²) < 4.78 is 0. The summed E-state index contributed by atoms with van der Waals surface area (Å²) in [5.41, 5.74) is 3.65. The summed E-state index contributed by atoms with van der Waals surface area (Å²) in [6.45, 7) is 3.87. The average Bonchev–Trinajstić information content (AvgIpc) is 2.84. The number of benzene rings is 1. The highest BCUT2D eigenvalue weighted by Gasteiger charge is 2.05. The van der Waals surface area contributed by atoms with Crippen LogP contribution in [0.25, 0.3) is 10.9 Å². The van der Waals surface area contributed by atoms with Gasteiger partial charge < -0.3 is 10.3 Å². The van der Waals surface area contributed by atoms with Crippen LogP contribution in [0.15, 0.2) is 42.6 Å². The smallest absolute Gasteiger partial charge is 0.324 e. The van der Waals surface area contributed by atoms with Crippen LogP contribution in [0.2, 0.25) is 0 Å². The Bertz CT molecular complexity index is 787. The van der Waals surface area contributed by atoms with Crippen molar-refractivity contribution in [3.63, 3.8) is 0 Å². The lowest BCUT2D eigenvalue weighted by Crippen LogP contribution is -2.20. The number of rotatable bonds is 2. The van der Waals surface area contributed by atoms with Crippen molar-refractivity contribution in [3.05, 3.63) is 53.9 Å². The summed E-state index contributed by atoms with van der Waals surface area (Å²) in [4.78, 5) is 19.4. The van der Waals surface area contributed by atoms with Crippen LogP contribution in [-0.4, -0.2) is 16.0 Å². The second-order valence-corrected chi connectivity index (χ2v) is 5.03. The minimum atomic E-state index is -0.307. The number of aryl methyl sites for hydroxylation is 2. The zero-order chi connectivity index (χ0) is 14.8. The maximum absolute atomic E-state index is 12.0. The Balaban J connectivity index is 1.73. The lowest BCUT2D eigenvalue weighted by molar-refractivity contribution is 0.262. The standard InChI is InChI=1S/C16H16N4O/c1-10-7-11(2)18-15(8-10)20-16(21)19-13-4-3-12-5-6-17-14(12)9-13/h3-9,17H,1-2H3,(H2,18,19,20,21). The molecule has 0 saturated heterocycles. The summed E-state index contributed by atoms with van der Waals surface area (Å²) in [6.07, 6.45) is 1.87. The molecule has 0 bridgehead atoms. The van der Waals surface area contributed by atoms with Gasteiger partial charge in [-0.3, -0.25) is 5.32 Å². The zero-order valence-electron chi connectivity index (χ0n) is 11.9. The van der Waals surface area contributed by atoms with Gasteiger partial charge in [0.15, 0.2) is 0 Å². The van der Waals surface area contributed by atoms with E-state index in [1.807, 2.05) is 56.4 Å². The van der Waals surface area contributed by atoms with E-state index in [0.29, 0.717) is 5.82 Å². The molecule has 0 spiro atoms. The maximum Gasteiger partial charge on any atom is 0.324 e. The Labute approximate surface area is 122 Å². The number of H-pyrrole nitrogens is 1. The molecule has 3 aromatic rings. The Morgan fingerprint density at radius 2 is 1.95 bits per heavy atom. The Hall–Kier alpha value is -2.82. The molecule has 1 aromatic carbocycles. The molecular formula is C16H16N4O. The molecule has 0 saturated carbocycles. The molecule has 0 unspecified atom stereocenters. The molecule has 0 aliphatic carbocycles. The third-order valence-electron chi connectivity index (χ3n) is 3.15.